The monoisotopic (exact) mass is 268 g/mol. The summed E-state index contributed by atoms with van der Waals surface area (Å²) in [6.45, 7) is 0.398. The highest BCUT2D eigenvalue weighted by Crippen LogP contribution is 2.28. The number of hydrogen-bond donors (Lipinski definition) is 0. The topological polar surface area (TPSA) is 52.6 Å². The summed E-state index contributed by atoms with van der Waals surface area (Å²) in [5, 5.41) is 0.121. The highest BCUT2D eigenvalue weighted by atomic mass is 35.5. The van der Waals surface area contributed by atoms with Gasteiger partial charge in [-0.25, -0.2) is 0 Å². The van der Waals surface area contributed by atoms with E-state index in [1.165, 1.54) is 19.2 Å². The van der Waals surface area contributed by atoms with E-state index in [0.29, 0.717) is 0 Å². The van der Waals surface area contributed by atoms with Crippen LogP contribution in [-0.4, -0.2) is 28.7 Å². The molecule has 1 rings (SSSR count). The van der Waals surface area contributed by atoms with Crippen LogP contribution in [-0.2, 0) is 15.0 Å². The normalized spacial score (nSPS) is 11.4. The van der Waals surface area contributed by atoms with Gasteiger partial charge in [0.05, 0.1) is 6.61 Å². The molecule has 0 bridgehead atoms. The molecule has 0 saturated carbocycles. The van der Waals surface area contributed by atoms with E-state index in [1.807, 2.05) is 0 Å². The Labute approximate surface area is 98.1 Å². The zero-order chi connectivity index (χ0) is 12.2. The number of hydrogen-bond acceptors (Lipinski definition) is 4. The molecule has 0 aliphatic carbocycles. The molecule has 16 heavy (non-hydrogen) atoms. The fraction of sp³-hybridized carbons (Fsp3) is 0.333. The Hall–Kier alpha value is -0.850. The van der Waals surface area contributed by atoms with Crippen LogP contribution in [0, 0.1) is 0 Å². The van der Waals surface area contributed by atoms with Gasteiger partial charge in [0.25, 0.3) is 0 Å². The minimum atomic E-state index is -4.84. The molecule has 0 aliphatic rings. The van der Waals surface area contributed by atoms with E-state index in [0.717, 1.165) is 6.07 Å². The third-order valence-electron chi connectivity index (χ3n) is 1.71. The molecule has 0 heterocycles. The fourth-order valence-electron chi connectivity index (χ4n) is 1.03. The Balaban J connectivity index is 2.99. The maximum absolute atomic E-state index is 12.9. The number of halogens is 2. The lowest BCUT2D eigenvalue weighted by Gasteiger charge is -2.08. The van der Waals surface area contributed by atoms with E-state index in [9.17, 15) is 12.3 Å². The van der Waals surface area contributed by atoms with Crippen molar-refractivity contribution in [3.8, 4) is 5.75 Å². The van der Waals surface area contributed by atoms with Gasteiger partial charge in [-0.2, -0.15) is 8.42 Å². The first kappa shape index (κ1) is 13.2. The van der Waals surface area contributed by atoms with Crippen LogP contribution in [0.5, 0.6) is 5.75 Å². The van der Waals surface area contributed by atoms with Gasteiger partial charge >= 0.3 is 10.2 Å². The van der Waals surface area contributed by atoms with Crippen LogP contribution < -0.4 is 4.74 Å². The standard InChI is InChI=1S/C9H10ClFO4S/c1-14-4-5-15-8-3-2-7(10)6-9(8)16(11,12)13/h2-3,6H,4-5H2,1H3. The van der Waals surface area contributed by atoms with Crippen LogP contribution in [0.3, 0.4) is 0 Å². The second-order valence-corrected chi connectivity index (χ2v) is 4.62. The van der Waals surface area contributed by atoms with Gasteiger partial charge in [0.1, 0.15) is 17.3 Å². The predicted octanol–water partition coefficient (Wildman–Crippen LogP) is 2.02. The molecule has 90 valence electrons. The summed E-state index contributed by atoms with van der Waals surface area (Å²) in [5.74, 6) is -0.0797. The van der Waals surface area contributed by atoms with E-state index >= 15 is 0 Å². The average Bonchev–Trinajstić information content (AvgIpc) is 2.19. The highest BCUT2D eigenvalue weighted by Gasteiger charge is 2.19. The summed E-state index contributed by atoms with van der Waals surface area (Å²) in [7, 11) is -3.37. The van der Waals surface area contributed by atoms with Crippen molar-refractivity contribution in [2.24, 2.45) is 0 Å². The van der Waals surface area contributed by atoms with E-state index in [2.05, 4.69) is 0 Å². The van der Waals surface area contributed by atoms with Gasteiger partial charge in [0, 0.05) is 12.1 Å². The van der Waals surface area contributed by atoms with Gasteiger partial charge in [-0.1, -0.05) is 11.6 Å². The van der Waals surface area contributed by atoms with Crippen molar-refractivity contribution in [1.82, 2.24) is 0 Å². The minimum Gasteiger partial charge on any atom is -0.490 e. The van der Waals surface area contributed by atoms with E-state index in [-0.39, 0.29) is 24.0 Å². The lowest BCUT2D eigenvalue weighted by molar-refractivity contribution is 0.144. The fourth-order valence-corrected chi connectivity index (χ4v) is 1.90. The third-order valence-corrected chi connectivity index (χ3v) is 2.79. The predicted molar refractivity (Wildman–Crippen MR) is 57.1 cm³/mol. The molecule has 0 atom stereocenters. The van der Waals surface area contributed by atoms with Crippen LogP contribution in [0.1, 0.15) is 0 Å². The van der Waals surface area contributed by atoms with Crippen LogP contribution in [0.2, 0.25) is 5.02 Å². The Morgan fingerprint density at radius 2 is 2.06 bits per heavy atom. The van der Waals surface area contributed by atoms with E-state index in [1.54, 1.807) is 0 Å². The zero-order valence-electron chi connectivity index (χ0n) is 8.44. The van der Waals surface area contributed by atoms with Crippen molar-refractivity contribution in [3.05, 3.63) is 23.2 Å². The molecule has 0 fully saturated rings. The number of rotatable bonds is 5. The molecule has 1 aromatic rings. The van der Waals surface area contributed by atoms with Gasteiger partial charge in [0.2, 0.25) is 0 Å². The molecule has 0 N–H and O–H groups in total. The molecule has 1 aromatic carbocycles. The van der Waals surface area contributed by atoms with Gasteiger partial charge in [-0.05, 0) is 18.2 Å². The van der Waals surface area contributed by atoms with Crippen molar-refractivity contribution >= 4 is 21.8 Å². The van der Waals surface area contributed by atoms with E-state index in [4.69, 9.17) is 21.1 Å². The lowest BCUT2D eigenvalue weighted by Crippen LogP contribution is -2.07. The summed E-state index contributed by atoms with van der Waals surface area (Å²) < 4.78 is 44.3. The maximum atomic E-state index is 12.9. The first-order chi connectivity index (χ1) is 7.45. The van der Waals surface area contributed by atoms with Crippen molar-refractivity contribution in [3.63, 3.8) is 0 Å². The second kappa shape index (κ2) is 5.47. The SMILES string of the molecule is COCCOc1ccc(Cl)cc1S(=O)(=O)F. The minimum absolute atomic E-state index is 0.0797. The molecular weight excluding hydrogens is 259 g/mol. The molecule has 0 saturated heterocycles. The smallest absolute Gasteiger partial charge is 0.335 e. The molecule has 0 amide bonds. The van der Waals surface area contributed by atoms with Crippen LogP contribution in [0.15, 0.2) is 23.1 Å². The van der Waals surface area contributed by atoms with Crippen molar-refractivity contribution in [2.45, 2.75) is 4.90 Å². The highest BCUT2D eigenvalue weighted by molar-refractivity contribution is 7.86. The first-order valence-corrected chi connectivity index (χ1v) is 6.07. The van der Waals surface area contributed by atoms with Gasteiger partial charge in [-0.3, -0.25) is 0 Å². The van der Waals surface area contributed by atoms with Gasteiger partial charge in [-0.15, -0.1) is 3.89 Å². The number of ether oxygens (including phenoxy) is 2. The Morgan fingerprint density at radius 1 is 1.38 bits per heavy atom. The number of methoxy groups -OCH3 is 1. The molecule has 0 aromatic heterocycles. The van der Waals surface area contributed by atoms with Gasteiger partial charge in [0.15, 0.2) is 0 Å². The quantitative estimate of drug-likeness (QED) is 0.606. The molecule has 0 radical (unpaired) electrons. The summed E-state index contributed by atoms with van der Waals surface area (Å²) >= 11 is 5.57. The molecular formula is C9H10ClFO4S. The van der Waals surface area contributed by atoms with Crippen molar-refractivity contribution in [2.75, 3.05) is 20.3 Å². The summed E-state index contributed by atoms with van der Waals surface area (Å²) in [6.07, 6.45) is 0. The Kier molecular flexibility index (Phi) is 4.52. The summed E-state index contributed by atoms with van der Waals surface area (Å²) in [6, 6.07) is 3.71. The zero-order valence-corrected chi connectivity index (χ0v) is 10.0. The van der Waals surface area contributed by atoms with Crippen LogP contribution in [0.25, 0.3) is 0 Å². The number of benzene rings is 1. The molecule has 0 spiro atoms. The van der Waals surface area contributed by atoms with Crippen LogP contribution in [0.4, 0.5) is 3.89 Å². The summed E-state index contributed by atoms with van der Waals surface area (Å²) in [4.78, 5) is -0.573. The Morgan fingerprint density at radius 3 is 2.62 bits per heavy atom. The lowest BCUT2D eigenvalue weighted by atomic mass is 10.3. The van der Waals surface area contributed by atoms with E-state index < -0.39 is 15.1 Å². The van der Waals surface area contributed by atoms with Crippen molar-refractivity contribution < 1.29 is 21.8 Å². The molecule has 7 heteroatoms. The largest absolute Gasteiger partial charge is 0.490 e. The third kappa shape index (κ3) is 3.62. The first-order valence-electron chi connectivity index (χ1n) is 4.31. The maximum Gasteiger partial charge on any atom is 0.335 e. The summed E-state index contributed by atoms with van der Waals surface area (Å²) in [5.41, 5.74) is 0. The molecule has 0 unspecified atom stereocenters. The van der Waals surface area contributed by atoms with Gasteiger partial charge < -0.3 is 9.47 Å². The second-order valence-electron chi connectivity index (χ2n) is 2.87. The Bertz CT molecular complexity index is 461. The molecule has 0 aliphatic heterocycles. The average molecular weight is 269 g/mol. The van der Waals surface area contributed by atoms with Crippen LogP contribution >= 0.6 is 11.6 Å². The molecule has 4 nitrogen and oxygen atoms in total. The van der Waals surface area contributed by atoms with Crippen molar-refractivity contribution in [1.29, 1.82) is 0 Å².